The van der Waals surface area contributed by atoms with Crippen LogP contribution in [-0.2, 0) is 0 Å². The quantitative estimate of drug-likeness (QED) is 0.121. The van der Waals surface area contributed by atoms with Crippen LogP contribution < -0.4 is 42.9 Å². The van der Waals surface area contributed by atoms with Crippen LogP contribution >= 0.6 is 11.6 Å². The van der Waals surface area contributed by atoms with E-state index in [1.165, 1.54) is 45.1 Å². The largest absolute Gasteiger partial charge is 0.422 e. The molecule has 2 bridgehead atoms. The second kappa shape index (κ2) is 32.5. The van der Waals surface area contributed by atoms with Crippen LogP contribution in [0.5, 0.6) is 0 Å². The van der Waals surface area contributed by atoms with Gasteiger partial charge in [0, 0.05) is 210 Å². The van der Waals surface area contributed by atoms with E-state index in [0.717, 1.165) is 170 Å². The first-order chi connectivity index (χ1) is 59.2. The maximum atomic E-state index is 12.9. The maximum Gasteiger partial charge on any atom is 0.345 e. The predicted molar refractivity (Wildman–Crippen MR) is 489 cm³/mol. The van der Waals surface area contributed by atoms with Crippen LogP contribution in [0.4, 0.5) is 22.7 Å². The number of imidazole rings is 1. The Kier molecular flexibility index (Phi) is 21.3. The van der Waals surface area contributed by atoms with Crippen LogP contribution in [0.15, 0.2) is 202 Å². The van der Waals surface area contributed by atoms with E-state index in [4.69, 9.17) is 29.3 Å². The Morgan fingerprint density at radius 1 is 0.407 bits per heavy atom. The molecule has 6 fully saturated rings. The summed E-state index contributed by atoms with van der Waals surface area (Å²) in [4.78, 5) is 88.1. The molecule has 12 aromatic heterocycles. The van der Waals surface area contributed by atoms with Gasteiger partial charge in [-0.2, -0.15) is 0 Å². The number of nitrogens with one attached hydrogen (secondary N) is 2. The zero-order valence-corrected chi connectivity index (χ0v) is 72.3. The second-order valence-electron chi connectivity index (χ2n) is 35.1. The number of halogens is 1. The molecule has 25 nitrogen and oxygen atoms in total. The Labute approximate surface area is 715 Å². The number of anilines is 4. The molecule has 6 aliphatic heterocycles. The Hall–Kier alpha value is -12.3. The highest BCUT2D eigenvalue weighted by molar-refractivity contribution is 6.29. The molecule has 4 aromatic carbocycles. The minimum atomic E-state index is -0.411. The van der Waals surface area contributed by atoms with Crippen molar-refractivity contribution < 1.29 is 17.7 Å². The lowest BCUT2D eigenvalue weighted by molar-refractivity contribution is 0.0608. The molecule has 0 amide bonds. The first-order valence-electron chi connectivity index (χ1n) is 42.8. The van der Waals surface area contributed by atoms with Crippen LogP contribution in [0, 0.1) is 54.4 Å². The van der Waals surface area contributed by atoms with Crippen molar-refractivity contribution >= 4 is 100 Å². The molecule has 26 heteroatoms. The Bertz CT molecular complexity index is 7080. The third-order valence-corrected chi connectivity index (χ3v) is 26.5. The number of piperidine rings is 2. The first-order valence-corrected chi connectivity index (χ1v) is 43.2. The van der Waals surface area contributed by atoms with E-state index >= 15 is 0 Å². The van der Waals surface area contributed by atoms with Crippen LogP contribution in [0.2, 0.25) is 5.15 Å². The normalized spacial score (nSPS) is 20.1. The van der Waals surface area contributed by atoms with Gasteiger partial charge in [-0.3, -0.25) is 15.0 Å². The highest BCUT2D eigenvalue weighted by Crippen LogP contribution is 2.39. The van der Waals surface area contributed by atoms with Gasteiger partial charge in [-0.1, -0.05) is 18.0 Å². The summed E-state index contributed by atoms with van der Waals surface area (Å²) >= 11 is 6.04. The number of aryl methyl sites for hydroxylation is 7. The van der Waals surface area contributed by atoms with Crippen molar-refractivity contribution in [1.82, 2.24) is 62.1 Å². The summed E-state index contributed by atoms with van der Waals surface area (Å²) in [6.07, 6.45) is 23.9. The summed E-state index contributed by atoms with van der Waals surface area (Å²) < 4.78 is 30.8. The van der Waals surface area contributed by atoms with Gasteiger partial charge < -0.3 is 75.3 Å². The Balaban J connectivity index is 0.000000108. The summed E-state index contributed by atoms with van der Waals surface area (Å²) in [5, 5.41) is 11.3. The van der Waals surface area contributed by atoms with Crippen LogP contribution in [-0.4, -0.2) is 179 Å². The van der Waals surface area contributed by atoms with Crippen molar-refractivity contribution in [2.24, 2.45) is 5.92 Å². The molecule has 6 saturated heterocycles. The molecule has 18 heterocycles. The van der Waals surface area contributed by atoms with Gasteiger partial charge in [0.25, 0.3) is 0 Å². The van der Waals surface area contributed by atoms with Gasteiger partial charge in [-0.15, -0.1) is 0 Å². The lowest BCUT2D eigenvalue weighted by atomic mass is 9.82. The number of piperazine rings is 1. The Morgan fingerprint density at radius 2 is 0.878 bits per heavy atom. The zero-order valence-electron chi connectivity index (χ0n) is 71.6. The number of hydrogen-bond acceptors (Lipinski definition) is 21. The summed E-state index contributed by atoms with van der Waals surface area (Å²) in [5.41, 5.74) is 20.6. The number of benzene rings is 4. The van der Waals surface area contributed by atoms with Crippen molar-refractivity contribution in [3.63, 3.8) is 0 Å². The molecule has 16 aromatic rings. The van der Waals surface area contributed by atoms with Crippen molar-refractivity contribution in [2.45, 2.75) is 137 Å². The smallest absolute Gasteiger partial charge is 0.345 e. The molecule has 630 valence electrons. The van der Waals surface area contributed by atoms with E-state index in [0.29, 0.717) is 103 Å². The minimum Gasteiger partial charge on any atom is -0.422 e. The minimum absolute atomic E-state index is 0.305. The van der Waals surface area contributed by atoms with E-state index in [1.807, 2.05) is 184 Å². The van der Waals surface area contributed by atoms with Gasteiger partial charge in [0.15, 0.2) is 5.65 Å². The summed E-state index contributed by atoms with van der Waals surface area (Å²) in [6.45, 7) is 24.3. The maximum absolute atomic E-state index is 12.9. The molecule has 7 atom stereocenters. The molecule has 22 rings (SSSR count). The second-order valence-corrected chi connectivity index (χ2v) is 35.5. The fourth-order valence-corrected chi connectivity index (χ4v) is 19.9. The average molecular weight is 1670 g/mol. The summed E-state index contributed by atoms with van der Waals surface area (Å²) in [7, 11) is 8.78. The summed E-state index contributed by atoms with van der Waals surface area (Å²) in [5.74, 6) is 0.737. The van der Waals surface area contributed by atoms with Gasteiger partial charge in [0.2, 0.25) is 0 Å². The van der Waals surface area contributed by atoms with Gasteiger partial charge in [-0.25, -0.2) is 29.1 Å². The Morgan fingerprint density at radius 3 is 1.37 bits per heavy atom. The van der Waals surface area contributed by atoms with Crippen molar-refractivity contribution in [3.05, 3.63) is 252 Å². The molecule has 0 radical (unpaired) electrons. The van der Waals surface area contributed by atoms with Crippen LogP contribution in [0.3, 0.4) is 0 Å². The fourth-order valence-electron chi connectivity index (χ4n) is 19.7. The highest BCUT2D eigenvalue weighted by Gasteiger charge is 2.40. The highest BCUT2D eigenvalue weighted by atomic mass is 35.5. The van der Waals surface area contributed by atoms with E-state index < -0.39 is 5.63 Å². The molecule has 0 saturated carbocycles. The number of fused-ring (bicyclic) bond motifs is 11. The van der Waals surface area contributed by atoms with Crippen molar-refractivity contribution in [3.8, 4) is 44.6 Å². The van der Waals surface area contributed by atoms with E-state index in [-0.39, 0.29) is 16.9 Å². The van der Waals surface area contributed by atoms with E-state index in [9.17, 15) is 19.2 Å². The zero-order chi connectivity index (χ0) is 85.1. The molecule has 123 heavy (non-hydrogen) atoms. The molecule has 2 N–H and O–H groups in total. The van der Waals surface area contributed by atoms with Crippen LogP contribution in [0.25, 0.3) is 111 Å². The number of likely N-dealkylation sites (tertiary alicyclic amines) is 2. The first kappa shape index (κ1) is 80.5. The molecular formula is C97H102ClN17O8. The van der Waals surface area contributed by atoms with E-state index in [2.05, 4.69) is 130 Å². The number of hydrogen-bond donors (Lipinski definition) is 2. The lowest BCUT2D eigenvalue weighted by Gasteiger charge is -2.47. The molecule has 1 unspecified atom stereocenters. The topological polar surface area (TPSA) is 246 Å². The van der Waals surface area contributed by atoms with Crippen LogP contribution in [0.1, 0.15) is 91.7 Å². The number of aromatic nitrogens is 9. The van der Waals surface area contributed by atoms with Gasteiger partial charge >= 0.3 is 22.5 Å². The van der Waals surface area contributed by atoms with Gasteiger partial charge in [0.1, 0.15) is 27.5 Å². The third-order valence-electron chi connectivity index (χ3n) is 26.4. The van der Waals surface area contributed by atoms with Crippen molar-refractivity contribution in [1.29, 1.82) is 0 Å². The molecule has 6 aliphatic rings. The third kappa shape index (κ3) is 16.2. The number of likely N-dealkylation sites (N-methyl/N-ethyl adjacent to an activating group) is 3. The average Bonchev–Trinajstić information content (AvgIpc) is 1.74. The van der Waals surface area contributed by atoms with Gasteiger partial charge in [0.05, 0.1) is 84.4 Å². The SMILES string of the molecule is Cc1cn2cc(-c3cc4ccc(N5C[C@@H]6CCN(C)[C@@H]6C5)cc4oc3=O)cc2c(C)n1.Cc1cn2cc(-c3cc4ccc(NC5C[C@H]6CCC[C@@H](C5)N6C)cc4oc3=O)cc2c(C)n1.Cc1cn2cc(-c3cc4ccc(N[C@@H]5CCN(C)C5)cc4oc3=O)cc2c(C)n1.Cc1nc(Cl)cn2cc(-c3cc4ccc(N5CCN(C)[C@@H](C)C5)cc4oc3=O)nc12. The number of nitrogens with zero attached hydrogens (tertiary/aromatic N) is 15. The van der Waals surface area contributed by atoms with Gasteiger partial charge in [-0.05, 0) is 232 Å². The number of rotatable bonds is 10. The fraction of sp³-hybridized carbons (Fsp3) is 0.351. The van der Waals surface area contributed by atoms with Crippen molar-refractivity contribution in [2.75, 3.05) is 101 Å². The predicted octanol–water partition coefficient (Wildman–Crippen LogP) is 16.5. The standard InChI is InChI=1S/C27H30N4O2.C25H26N4O2.C23H24N4O2.C22H22ClN5O2/c1-16-14-31-15-19(10-25(31)17(2)28-16)24-9-18-7-8-20(13-26(18)33-27(24)32)29-21-11-22-5-4-6-23(12-21)30(22)3;1-15-11-29-13-19(9-22(29)16(2)26-15)21-8-17-4-5-20(10-24(17)31-25(21)30)28-12-18-6-7-27(3)23(18)14-28;1-14-11-27-12-17(9-21(27)15(2)24-14)20-8-16-4-5-18(10-22(16)29-23(20)28)25-19-6-7-26(3)13-19;1-13-10-27(7-6-26(13)3)16-5-4-15-8-17(22(29)30-19(15)9-16)18-11-28-12-20(23)24-14(2)21(28)25-18/h7-10,13-15,21-23,29H,4-6,11-12H2,1-3H3;4-5,8-11,13,18,23H,6-7,12,14H2,1-3H3;4-5,8-12,19,25H,6-7,13H2,1-3H3;4-5,8-9,11-13H,6-7,10H2,1-3H3/t21?,22-,23+;18-,23+;19-;13-/m.010/s1. The molecular weight excluding hydrogens is 1570 g/mol. The lowest BCUT2D eigenvalue weighted by Crippen LogP contribution is -2.52. The monoisotopic (exact) mass is 1670 g/mol. The molecule has 0 spiro atoms. The molecule has 0 aliphatic carbocycles. The summed E-state index contributed by atoms with van der Waals surface area (Å²) in [6, 6.07) is 41.4. The van der Waals surface area contributed by atoms with E-state index in [1.54, 1.807) is 16.8 Å².